The molecule has 1 atom stereocenters. The van der Waals surface area contributed by atoms with Crippen molar-refractivity contribution in [2.24, 2.45) is 5.73 Å². The van der Waals surface area contributed by atoms with Gasteiger partial charge in [0.15, 0.2) is 0 Å². The maximum atomic E-state index is 6.03. The molecule has 0 heterocycles. The fourth-order valence-electron chi connectivity index (χ4n) is 1.56. The topological polar surface area (TPSA) is 26.0 Å². The van der Waals surface area contributed by atoms with Crippen LogP contribution in [0.3, 0.4) is 0 Å². The first-order chi connectivity index (χ1) is 6.65. The molecule has 74 valence electrons. The number of aryl methyl sites for hydroxylation is 2. The predicted molar refractivity (Wildman–Crippen MR) is 60.9 cm³/mol. The summed E-state index contributed by atoms with van der Waals surface area (Å²) < 4.78 is 0. The zero-order chi connectivity index (χ0) is 10.6. The summed E-state index contributed by atoms with van der Waals surface area (Å²) in [4.78, 5) is 0. The van der Waals surface area contributed by atoms with Crippen LogP contribution < -0.4 is 5.73 Å². The van der Waals surface area contributed by atoms with Gasteiger partial charge < -0.3 is 5.73 Å². The van der Waals surface area contributed by atoms with Gasteiger partial charge >= 0.3 is 0 Å². The minimum Gasteiger partial charge on any atom is -0.323 e. The molecule has 0 spiro atoms. The maximum absolute atomic E-state index is 6.03. The molecular formula is C13H17N. The van der Waals surface area contributed by atoms with Gasteiger partial charge in [-0.15, -0.1) is 11.8 Å². The van der Waals surface area contributed by atoms with E-state index in [-0.39, 0.29) is 6.04 Å². The summed E-state index contributed by atoms with van der Waals surface area (Å²) >= 11 is 0. The summed E-state index contributed by atoms with van der Waals surface area (Å²) in [5.41, 5.74) is 9.77. The Morgan fingerprint density at radius 3 is 2.64 bits per heavy atom. The number of nitrogens with two attached hydrogens (primary N) is 1. The normalized spacial score (nSPS) is 11.7. The van der Waals surface area contributed by atoms with Crippen molar-refractivity contribution in [1.82, 2.24) is 0 Å². The van der Waals surface area contributed by atoms with Gasteiger partial charge in [-0.2, -0.15) is 0 Å². The zero-order valence-corrected chi connectivity index (χ0v) is 9.09. The van der Waals surface area contributed by atoms with E-state index < -0.39 is 0 Å². The van der Waals surface area contributed by atoms with Crippen LogP contribution in [-0.4, -0.2) is 0 Å². The smallest absolute Gasteiger partial charge is 0.0408 e. The van der Waals surface area contributed by atoms with Gasteiger partial charge in [0.25, 0.3) is 0 Å². The molecule has 0 fully saturated rings. The molecule has 0 aromatic heterocycles. The van der Waals surface area contributed by atoms with Crippen molar-refractivity contribution in [1.29, 1.82) is 0 Å². The van der Waals surface area contributed by atoms with E-state index in [4.69, 9.17) is 5.73 Å². The van der Waals surface area contributed by atoms with Crippen LogP contribution in [0.25, 0.3) is 0 Å². The van der Waals surface area contributed by atoms with E-state index in [2.05, 4.69) is 43.9 Å². The minimum absolute atomic E-state index is 0.0445. The van der Waals surface area contributed by atoms with Crippen LogP contribution in [0.4, 0.5) is 0 Å². The highest BCUT2D eigenvalue weighted by Gasteiger charge is 2.06. The van der Waals surface area contributed by atoms with E-state index in [0.717, 1.165) is 6.42 Å². The monoisotopic (exact) mass is 187 g/mol. The van der Waals surface area contributed by atoms with Gasteiger partial charge in [0, 0.05) is 12.5 Å². The lowest BCUT2D eigenvalue weighted by Gasteiger charge is -2.12. The largest absolute Gasteiger partial charge is 0.323 e. The fourth-order valence-corrected chi connectivity index (χ4v) is 1.56. The van der Waals surface area contributed by atoms with Crippen LogP contribution in [0.15, 0.2) is 18.2 Å². The summed E-state index contributed by atoms with van der Waals surface area (Å²) in [6.45, 7) is 6.03. The molecule has 1 nitrogen and oxygen atoms in total. The molecule has 0 radical (unpaired) electrons. The van der Waals surface area contributed by atoms with Gasteiger partial charge in [-0.05, 0) is 31.9 Å². The molecule has 1 aromatic rings. The Kier molecular flexibility index (Phi) is 3.73. The lowest BCUT2D eigenvalue weighted by Crippen LogP contribution is -2.10. The third-order valence-corrected chi connectivity index (χ3v) is 2.32. The lowest BCUT2D eigenvalue weighted by atomic mass is 9.98. The van der Waals surface area contributed by atoms with Crippen molar-refractivity contribution < 1.29 is 0 Å². The highest BCUT2D eigenvalue weighted by atomic mass is 14.6. The summed E-state index contributed by atoms with van der Waals surface area (Å²) in [5, 5.41) is 0. The van der Waals surface area contributed by atoms with E-state index in [1.165, 1.54) is 16.7 Å². The number of rotatable bonds is 2. The van der Waals surface area contributed by atoms with Crippen molar-refractivity contribution in [3.63, 3.8) is 0 Å². The molecule has 2 N–H and O–H groups in total. The summed E-state index contributed by atoms with van der Waals surface area (Å²) in [6.07, 6.45) is 0.737. The predicted octanol–water partition coefficient (Wildman–Crippen LogP) is 2.72. The van der Waals surface area contributed by atoms with Crippen LogP contribution in [-0.2, 0) is 0 Å². The Morgan fingerprint density at radius 1 is 1.36 bits per heavy atom. The molecular weight excluding hydrogens is 170 g/mol. The summed E-state index contributed by atoms with van der Waals surface area (Å²) in [6, 6.07) is 6.41. The minimum atomic E-state index is 0.0445. The molecule has 1 unspecified atom stereocenters. The molecule has 0 aliphatic heterocycles. The summed E-state index contributed by atoms with van der Waals surface area (Å²) in [5.74, 6) is 5.88. The van der Waals surface area contributed by atoms with Gasteiger partial charge in [0.05, 0.1) is 0 Å². The Labute approximate surface area is 86.3 Å². The van der Waals surface area contributed by atoms with Crippen molar-refractivity contribution >= 4 is 0 Å². The summed E-state index contributed by atoms with van der Waals surface area (Å²) in [7, 11) is 0. The van der Waals surface area contributed by atoms with E-state index in [9.17, 15) is 0 Å². The van der Waals surface area contributed by atoms with Crippen LogP contribution in [0.5, 0.6) is 0 Å². The molecule has 0 bridgehead atoms. The second-order valence-electron chi connectivity index (χ2n) is 3.60. The van der Waals surface area contributed by atoms with Crippen LogP contribution in [0.2, 0.25) is 0 Å². The van der Waals surface area contributed by atoms with E-state index in [1.807, 2.05) is 6.92 Å². The molecule has 1 aromatic carbocycles. The van der Waals surface area contributed by atoms with E-state index >= 15 is 0 Å². The first-order valence-electron chi connectivity index (χ1n) is 4.87. The van der Waals surface area contributed by atoms with Gasteiger partial charge in [0.2, 0.25) is 0 Å². The van der Waals surface area contributed by atoms with Crippen molar-refractivity contribution in [2.75, 3.05) is 0 Å². The second-order valence-corrected chi connectivity index (χ2v) is 3.60. The number of hydrogen-bond donors (Lipinski definition) is 1. The van der Waals surface area contributed by atoms with E-state index in [1.54, 1.807) is 0 Å². The Bertz CT molecular complexity index is 369. The van der Waals surface area contributed by atoms with Crippen molar-refractivity contribution in [3.05, 3.63) is 34.9 Å². The number of hydrogen-bond acceptors (Lipinski definition) is 1. The molecule has 0 aliphatic rings. The Morgan fingerprint density at radius 2 is 2.07 bits per heavy atom. The van der Waals surface area contributed by atoms with Gasteiger partial charge in [0.1, 0.15) is 0 Å². The maximum Gasteiger partial charge on any atom is 0.0408 e. The third kappa shape index (κ3) is 2.61. The van der Waals surface area contributed by atoms with Gasteiger partial charge in [-0.1, -0.05) is 23.8 Å². The van der Waals surface area contributed by atoms with E-state index in [0.29, 0.717) is 0 Å². The van der Waals surface area contributed by atoms with Gasteiger partial charge in [-0.3, -0.25) is 0 Å². The standard InChI is InChI=1S/C13H17N/c1-4-5-6-13(14)12-8-7-10(2)9-11(12)3/h7-9,13H,6,14H2,1-3H3. The average molecular weight is 187 g/mol. The molecule has 0 amide bonds. The highest BCUT2D eigenvalue weighted by Crippen LogP contribution is 2.18. The Hall–Kier alpha value is -1.26. The molecule has 0 aliphatic carbocycles. The second kappa shape index (κ2) is 4.83. The molecule has 1 rings (SSSR count). The molecule has 0 saturated heterocycles. The first-order valence-corrected chi connectivity index (χ1v) is 4.87. The quantitative estimate of drug-likeness (QED) is 0.708. The zero-order valence-electron chi connectivity index (χ0n) is 9.09. The lowest BCUT2D eigenvalue weighted by molar-refractivity contribution is 0.747. The molecule has 1 heteroatoms. The molecule has 14 heavy (non-hydrogen) atoms. The third-order valence-electron chi connectivity index (χ3n) is 2.32. The van der Waals surface area contributed by atoms with Gasteiger partial charge in [-0.25, -0.2) is 0 Å². The first kappa shape index (κ1) is 10.8. The molecule has 0 saturated carbocycles. The number of benzene rings is 1. The van der Waals surface area contributed by atoms with Crippen LogP contribution in [0, 0.1) is 25.7 Å². The van der Waals surface area contributed by atoms with Crippen molar-refractivity contribution in [3.8, 4) is 11.8 Å². The Balaban J connectivity index is 2.88. The van der Waals surface area contributed by atoms with Crippen molar-refractivity contribution in [2.45, 2.75) is 33.2 Å². The SMILES string of the molecule is CC#CCC(N)c1ccc(C)cc1C. The van der Waals surface area contributed by atoms with Crippen LogP contribution >= 0.6 is 0 Å². The fraction of sp³-hybridized carbons (Fsp3) is 0.385. The van der Waals surface area contributed by atoms with Crippen LogP contribution in [0.1, 0.15) is 36.1 Å². The highest BCUT2D eigenvalue weighted by molar-refractivity contribution is 5.33. The average Bonchev–Trinajstić information content (AvgIpc) is 2.14.